The molecule has 5 nitrogen and oxygen atoms in total. The lowest BCUT2D eigenvalue weighted by Gasteiger charge is -2.22. The Kier molecular flexibility index (Phi) is 5.52. The molecule has 0 aliphatic heterocycles. The van der Waals surface area contributed by atoms with Crippen molar-refractivity contribution >= 4 is 25.5 Å². The Morgan fingerprint density at radius 2 is 1.15 bits per heavy atom. The molecule has 3 aromatic carbocycles. The van der Waals surface area contributed by atoms with Gasteiger partial charge in [-0.3, -0.25) is 4.79 Å². The molecule has 0 aromatic heterocycles. The van der Waals surface area contributed by atoms with E-state index in [-0.39, 0.29) is 26.0 Å². The van der Waals surface area contributed by atoms with Crippen LogP contribution in [0.25, 0.3) is 11.1 Å². The van der Waals surface area contributed by atoms with Gasteiger partial charge in [0.1, 0.15) is 0 Å². The van der Waals surface area contributed by atoms with Crippen LogP contribution in [-0.2, 0) is 19.7 Å². The topological polar surface area (TPSA) is 85.3 Å². The van der Waals surface area contributed by atoms with Crippen molar-refractivity contribution in [2.45, 2.75) is 65.9 Å². The molecule has 0 bridgehead atoms. The molecule has 0 heterocycles. The van der Waals surface area contributed by atoms with Crippen molar-refractivity contribution in [2.75, 3.05) is 0 Å². The molecule has 0 radical (unpaired) electrons. The van der Waals surface area contributed by atoms with Crippen LogP contribution in [0.2, 0.25) is 0 Å². The molecule has 0 amide bonds. The van der Waals surface area contributed by atoms with Crippen LogP contribution in [0.3, 0.4) is 0 Å². The van der Waals surface area contributed by atoms with Crippen molar-refractivity contribution < 1.29 is 21.6 Å². The van der Waals surface area contributed by atoms with Crippen LogP contribution in [0.4, 0.5) is 0 Å². The highest BCUT2D eigenvalue weighted by Crippen LogP contribution is 2.40. The van der Waals surface area contributed by atoms with Crippen LogP contribution >= 0.6 is 0 Å². The zero-order valence-electron chi connectivity index (χ0n) is 19.2. The van der Waals surface area contributed by atoms with Gasteiger partial charge in [0.05, 0.1) is 19.9 Å². The van der Waals surface area contributed by atoms with E-state index in [1.54, 1.807) is 30.3 Å². The fraction of sp³-hybridized carbons (Fsp3) is 0.296. The Bertz CT molecular complexity index is 1520. The fourth-order valence-electron chi connectivity index (χ4n) is 5.17. The monoisotopic (exact) mass is 494 g/mol. The van der Waals surface area contributed by atoms with Crippen molar-refractivity contribution in [3.63, 3.8) is 0 Å². The highest BCUT2D eigenvalue weighted by molar-refractivity contribution is 7.92. The first-order chi connectivity index (χ1) is 16.1. The summed E-state index contributed by atoms with van der Waals surface area (Å²) in [5, 5.41) is -0.410. The molecule has 0 atom stereocenters. The first-order valence-corrected chi connectivity index (χ1v) is 14.5. The van der Waals surface area contributed by atoms with E-state index in [1.165, 1.54) is 18.2 Å². The number of carbonyl (C=O) groups excluding carboxylic acids is 1. The lowest BCUT2D eigenvalue weighted by Crippen LogP contribution is -2.24. The molecule has 0 N–H and O–H groups in total. The average Bonchev–Trinajstić information content (AvgIpc) is 3.10. The summed E-state index contributed by atoms with van der Waals surface area (Å²) in [5.74, 6) is -0.344. The number of benzene rings is 3. The SMILES string of the molecule is Cc1cc(C)cc(S(=O)(=O)c2ccc3c(c2)C(=O)c2cc(S(=O)(=O)C4CCCCC4)ccc2-3)c1. The van der Waals surface area contributed by atoms with Crippen molar-refractivity contribution in [3.8, 4) is 11.1 Å². The van der Waals surface area contributed by atoms with Gasteiger partial charge in [-0.2, -0.15) is 0 Å². The van der Waals surface area contributed by atoms with Gasteiger partial charge in [0, 0.05) is 11.1 Å². The predicted octanol–water partition coefficient (Wildman–Crippen LogP) is 5.45. The molecule has 1 fully saturated rings. The largest absolute Gasteiger partial charge is 0.289 e. The summed E-state index contributed by atoms with van der Waals surface area (Å²) in [5.41, 5.74) is 3.55. The minimum atomic E-state index is -3.81. The second kappa shape index (κ2) is 8.17. The number of sulfone groups is 2. The van der Waals surface area contributed by atoms with Crippen LogP contribution in [0.1, 0.15) is 59.2 Å². The van der Waals surface area contributed by atoms with Crippen LogP contribution in [0.5, 0.6) is 0 Å². The summed E-state index contributed by atoms with van der Waals surface area (Å²) in [4.78, 5) is 13.7. The number of hydrogen-bond acceptors (Lipinski definition) is 5. The molecule has 34 heavy (non-hydrogen) atoms. The van der Waals surface area contributed by atoms with E-state index in [0.717, 1.165) is 30.4 Å². The highest BCUT2D eigenvalue weighted by atomic mass is 32.2. The maximum Gasteiger partial charge on any atom is 0.206 e. The van der Waals surface area contributed by atoms with Crippen molar-refractivity contribution in [1.29, 1.82) is 0 Å². The van der Waals surface area contributed by atoms with E-state index < -0.39 is 24.9 Å². The first-order valence-electron chi connectivity index (χ1n) is 11.5. The minimum absolute atomic E-state index is 0.0486. The Hall–Kier alpha value is -2.77. The number of hydrogen-bond donors (Lipinski definition) is 0. The Morgan fingerprint density at radius 3 is 1.74 bits per heavy atom. The maximum atomic E-state index is 13.3. The van der Waals surface area contributed by atoms with Crippen molar-refractivity contribution in [2.24, 2.45) is 0 Å². The van der Waals surface area contributed by atoms with E-state index in [9.17, 15) is 21.6 Å². The quantitative estimate of drug-likeness (QED) is 0.376. The number of rotatable bonds is 4. The van der Waals surface area contributed by atoms with E-state index in [1.807, 2.05) is 19.9 Å². The third-order valence-electron chi connectivity index (χ3n) is 6.90. The van der Waals surface area contributed by atoms with Gasteiger partial charge < -0.3 is 0 Å². The summed E-state index contributed by atoms with van der Waals surface area (Å²) in [6.07, 6.45) is 4.14. The van der Waals surface area contributed by atoms with Crippen LogP contribution in [-0.4, -0.2) is 27.9 Å². The van der Waals surface area contributed by atoms with Gasteiger partial charge in [-0.15, -0.1) is 0 Å². The predicted molar refractivity (Wildman–Crippen MR) is 131 cm³/mol. The summed E-state index contributed by atoms with van der Waals surface area (Å²) in [6, 6.07) is 14.4. The van der Waals surface area contributed by atoms with Gasteiger partial charge in [-0.1, -0.05) is 37.5 Å². The normalized spacial score (nSPS) is 16.4. The third kappa shape index (κ3) is 3.71. The van der Waals surface area contributed by atoms with Crippen LogP contribution in [0.15, 0.2) is 69.3 Å². The van der Waals surface area contributed by atoms with E-state index in [0.29, 0.717) is 29.5 Å². The Balaban J connectivity index is 1.54. The summed E-state index contributed by atoms with van der Waals surface area (Å²) >= 11 is 0. The van der Waals surface area contributed by atoms with Crippen molar-refractivity contribution in [1.82, 2.24) is 0 Å². The molecule has 1 saturated carbocycles. The van der Waals surface area contributed by atoms with Gasteiger partial charge >= 0.3 is 0 Å². The lowest BCUT2D eigenvalue weighted by atomic mass is 10.0. The molecular formula is C27H26O5S2. The molecule has 0 saturated heterocycles. The van der Waals surface area contributed by atoms with E-state index >= 15 is 0 Å². The third-order valence-corrected chi connectivity index (χ3v) is 10.9. The smallest absolute Gasteiger partial charge is 0.206 e. The van der Waals surface area contributed by atoms with Crippen LogP contribution < -0.4 is 0 Å². The number of carbonyl (C=O) groups is 1. The van der Waals surface area contributed by atoms with Gasteiger partial charge in [-0.25, -0.2) is 16.8 Å². The maximum absolute atomic E-state index is 13.3. The van der Waals surface area contributed by atoms with Gasteiger partial charge in [0.25, 0.3) is 0 Å². The highest BCUT2D eigenvalue weighted by Gasteiger charge is 2.33. The number of aryl methyl sites for hydroxylation is 2. The molecule has 2 aliphatic carbocycles. The molecule has 7 heteroatoms. The Labute approximate surface area is 200 Å². The van der Waals surface area contributed by atoms with E-state index in [4.69, 9.17) is 0 Å². The van der Waals surface area contributed by atoms with Gasteiger partial charge in [0.2, 0.25) is 9.84 Å². The molecule has 5 rings (SSSR count). The molecule has 0 spiro atoms. The van der Waals surface area contributed by atoms with E-state index in [2.05, 4.69) is 0 Å². The molecule has 176 valence electrons. The summed E-state index contributed by atoms with van der Waals surface area (Å²) < 4.78 is 52.9. The fourth-order valence-corrected chi connectivity index (χ4v) is 8.53. The molecular weight excluding hydrogens is 468 g/mol. The van der Waals surface area contributed by atoms with Gasteiger partial charge in [0.15, 0.2) is 15.6 Å². The summed E-state index contributed by atoms with van der Waals surface area (Å²) in [6.45, 7) is 3.68. The average molecular weight is 495 g/mol. The standard InChI is InChI=1S/C27H26O5S2/c1-17-12-18(2)14-22(13-17)34(31,32)21-9-11-24-23-10-8-20(15-25(23)27(28)26(24)16-21)33(29,30)19-6-4-3-5-7-19/h8-16,19H,3-7H2,1-2H3. The number of fused-ring (bicyclic) bond motifs is 3. The second-order valence-electron chi connectivity index (χ2n) is 9.38. The Morgan fingerprint density at radius 1 is 0.618 bits per heavy atom. The van der Waals surface area contributed by atoms with Gasteiger partial charge in [-0.05, 0) is 85.3 Å². The first kappa shape index (κ1) is 23.0. The van der Waals surface area contributed by atoms with Crippen LogP contribution in [0, 0.1) is 13.8 Å². The zero-order chi connectivity index (χ0) is 24.3. The minimum Gasteiger partial charge on any atom is -0.289 e. The second-order valence-corrected chi connectivity index (χ2v) is 13.6. The van der Waals surface area contributed by atoms with Crippen molar-refractivity contribution in [3.05, 3.63) is 76.9 Å². The molecule has 3 aromatic rings. The summed E-state index contributed by atoms with van der Waals surface area (Å²) in [7, 11) is -7.33. The molecule has 2 aliphatic rings. The number of ketones is 1. The zero-order valence-corrected chi connectivity index (χ0v) is 20.8. The molecule has 0 unspecified atom stereocenters. The lowest BCUT2D eigenvalue weighted by molar-refractivity contribution is 0.104.